The van der Waals surface area contributed by atoms with Gasteiger partial charge in [-0.05, 0) is 13.3 Å². The molecule has 5 heteroatoms. The summed E-state index contributed by atoms with van der Waals surface area (Å²) in [5.74, 6) is 1.09. The van der Waals surface area contributed by atoms with Crippen LogP contribution in [0.4, 0.5) is 5.95 Å². The number of hydrogen-bond donors (Lipinski definition) is 1. The number of nitrogens with one attached hydrogen (secondary N) is 1. The van der Waals surface area contributed by atoms with Crippen molar-refractivity contribution in [3.05, 3.63) is 11.9 Å². The zero-order valence-corrected chi connectivity index (χ0v) is 11.6. The lowest BCUT2D eigenvalue weighted by Gasteiger charge is -2.32. The second-order valence-electron chi connectivity index (χ2n) is 4.87. The molecule has 2 rings (SSSR count). The Labute approximate surface area is 109 Å². The molecule has 1 N–H and O–H groups in total. The molecule has 0 bridgehead atoms. The zero-order chi connectivity index (χ0) is 13.0. The number of hydrogen-bond acceptors (Lipinski definition) is 4. The Morgan fingerprint density at radius 3 is 3.06 bits per heavy atom. The van der Waals surface area contributed by atoms with Crippen LogP contribution in [0.1, 0.15) is 19.5 Å². The average Bonchev–Trinajstić information content (AvgIpc) is 2.79. The van der Waals surface area contributed by atoms with Crippen LogP contribution in [0.25, 0.3) is 0 Å². The van der Waals surface area contributed by atoms with Crippen LogP contribution in [0.3, 0.4) is 0 Å². The molecule has 0 amide bonds. The lowest BCUT2D eigenvalue weighted by molar-refractivity contribution is 0.187. The molecular weight excluding hydrogens is 228 g/mol. The number of ether oxygens (including phenoxy) is 1. The summed E-state index contributed by atoms with van der Waals surface area (Å²) in [5, 5.41) is 3.46. The minimum absolute atomic E-state index is 0.524. The molecule has 1 unspecified atom stereocenters. The van der Waals surface area contributed by atoms with Crippen molar-refractivity contribution < 1.29 is 4.74 Å². The molecule has 0 saturated carbocycles. The van der Waals surface area contributed by atoms with Crippen LogP contribution in [-0.2, 0) is 17.7 Å². The first-order valence-electron chi connectivity index (χ1n) is 6.78. The van der Waals surface area contributed by atoms with Gasteiger partial charge in [-0.25, -0.2) is 4.98 Å². The number of nitrogens with zero attached hydrogens (tertiary/aromatic N) is 3. The predicted octanol–water partition coefficient (Wildman–Crippen LogP) is 0.890. The first-order chi connectivity index (χ1) is 8.74. The maximum Gasteiger partial charge on any atom is 0.205 e. The van der Waals surface area contributed by atoms with E-state index in [1.54, 1.807) is 7.11 Å². The van der Waals surface area contributed by atoms with Crippen LogP contribution in [0.15, 0.2) is 6.20 Å². The molecule has 1 aromatic heterocycles. The van der Waals surface area contributed by atoms with E-state index in [4.69, 9.17) is 9.72 Å². The summed E-state index contributed by atoms with van der Waals surface area (Å²) in [7, 11) is 1.74. The Bertz CT molecular complexity index is 377. The highest BCUT2D eigenvalue weighted by atomic mass is 16.5. The van der Waals surface area contributed by atoms with E-state index >= 15 is 0 Å². The Hall–Kier alpha value is -1.07. The third-order valence-electron chi connectivity index (χ3n) is 3.36. The Morgan fingerprint density at radius 2 is 2.39 bits per heavy atom. The van der Waals surface area contributed by atoms with Crippen molar-refractivity contribution in [2.24, 2.45) is 0 Å². The quantitative estimate of drug-likeness (QED) is 0.845. The van der Waals surface area contributed by atoms with Crippen molar-refractivity contribution in [1.29, 1.82) is 0 Å². The van der Waals surface area contributed by atoms with Gasteiger partial charge in [-0.2, -0.15) is 0 Å². The molecule has 0 radical (unpaired) electrons. The standard InChI is InChI=1S/C13H24N4O/c1-4-12-10-17(7-8-18-3)13(15-12)16-6-5-14-11(2)9-16/h10-11,14H,4-9H2,1-3H3. The molecule has 0 aromatic carbocycles. The number of aryl methyl sites for hydroxylation is 1. The van der Waals surface area contributed by atoms with E-state index in [1.807, 2.05) is 0 Å². The smallest absolute Gasteiger partial charge is 0.205 e. The number of piperazine rings is 1. The largest absolute Gasteiger partial charge is 0.383 e. The third kappa shape index (κ3) is 3.03. The number of rotatable bonds is 5. The van der Waals surface area contributed by atoms with Crippen LogP contribution in [0, 0.1) is 0 Å². The van der Waals surface area contributed by atoms with E-state index in [0.717, 1.165) is 50.8 Å². The highest BCUT2D eigenvalue weighted by molar-refractivity contribution is 5.35. The second-order valence-corrected chi connectivity index (χ2v) is 4.87. The molecule has 1 atom stereocenters. The second kappa shape index (κ2) is 6.20. The highest BCUT2D eigenvalue weighted by Gasteiger charge is 2.20. The molecule has 0 aliphatic carbocycles. The predicted molar refractivity (Wildman–Crippen MR) is 73.2 cm³/mol. The molecule has 1 aliphatic rings. The molecule has 1 saturated heterocycles. The summed E-state index contributed by atoms with van der Waals surface area (Å²) in [6.07, 6.45) is 3.13. The van der Waals surface area contributed by atoms with E-state index < -0.39 is 0 Å². The van der Waals surface area contributed by atoms with E-state index in [1.165, 1.54) is 0 Å². The normalized spacial score (nSPS) is 20.4. The maximum absolute atomic E-state index is 5.17. The zero-order valence-electron chi connectivity index (χ0n) is 11.6. The molecule has 2 heterocycles. The lowest BCUT2D eigenvalue weighted by Crippen LogP contribution is -2.50. The summed E-state index contributed by atoms with van der Waals surface area (Å²) in [6.45, 7) is 9.04. The van der Waals surface area contributed by atoms with Crippen LogP contribution in [0.2, 0.25) is 0 Å². The monoisotopic (exact) mass is 252 g/mol. The Morgan fingerprint density at radius 1 is 1.56 bits per heavy atom. The van der Waals surface area contributed by atoms with E-state index in [2.05, 4.69) is 34.8 Å². The first kappa shape index (κ1) is 13.4. The van der Waals surface area contributed by atoms with Gasteiger partial charge in [-0.3, -0.25) is 0 Å². The first-order valence-corrected chi connectivity index (χ1v) is 6.78. The van der Waals surface area contributed by atoms with Gasteiger partial charge in [0.1, 0.15) is 0 Å². The van der Waals surface area contributed by atoms with E-state index in [9.17, 15) is 0 Å². The molecular formula is C13H24N4O. The van der Waals surface area contributed by atoms with Gasteiger partial charge in [0.05, 0.1) is 12.3 Å². The van der Waals surface area contributed by atoms with Gasteiger partial charge in [-0.1, -0.05) is 6.92 Å². The Balaban J connectivity index is 2.15. The third-order valence-corrected chi connectivity index (χ3v) is 3.36. The molecule has 1 fully saturated rings. The van der Waals surface area contributed by atoms with Crippen LogP contribution < -0.4 is 10.2 Å². The van der Waals surface area contributed by atoms with E-state index in [0.29, 0.717) is 6.04 Å². The maximum atomic E-state index is 5.17. The molecule has 1 aliphatic heterocycles. The van der Waals surface area contributed by atoms with Crippen molar-refractivity contribution in [1.82, 2.24) is 14.9 Å². The fourth-order valence-electron chi connectivity index (χ4n) is 2.35. The Kier molecular flexibility index (Phi) is 4.60. The molecule has 0 spiro atoms. The minimum atomic E-state index is 0.524. The summed E-state index contributed by atoms with van der Waals surface area (Å²) in [4.78, 5) is 7.12. The average molecular weight is 252 g/mol. The van der Waals surface area contributed by atoms with Crippen molar-refractivity contribution >= 4 is 5.95 Å². The number of aromatic nitrogens is 2. The molecule has 1 aromatic rings. The van der Waals surface area contributed by atoms with Gasteiger partial charge >= 0.3 is 0 Å². The number of imidazole rings is 1. The van der Waals surface area contributed by atoms with Gasteiger partial charge in [0.25, 0.3) is 0 Å². The molecule has 18 heavy (non-hydrogen) atoms. The van der Waals surface area contributed by atoms with Crippen molar-refractivity contribution in [2.45, 2.75) is 32.9 Å². The van der Waals surface area contributed by atoms with E-state index in [-0.39, 0.29) is 0 Å². The van der Waals surface area contributed by atoms with Gasteiger partial charge in [0.2, 0.25) is 5.95 Å². The van der Waals surface area contributed by atoms with Crippen molar-refractivity contribution in [3.63, 3.8) is 0 Å². The van der Waals surface area contributed by atoms with Gasteiger partial charge in [0, 0.05) is 45.5 Å². The minimum Gasteiger partial charge on any atom is -0.383 e. The summed E-state index contributed by atoms with van der Waals surface area (Å²) >= 11 is 0. The number of methoxy groups -OCH3 is 1. The topological polar surface area (TPSA) is 42.3 Å². The van der Waals surface area contributed by atoms with Crippen LogP contribution >= 0.6 is 0 Å². The summed E-state index contributed by atoms with van der Waals surface area (Å²) < 4.78 is 7.40. The highest BCUT2D eigenvalue weighted by Crippen LogP contribution is 2.16. The van der Waals surface area contributed by atoms with Crippen molar-refractivity contribution in [2.75, 3.05) is 38.3 Å². The van der Waals surface area contributed by atoms with Gasteiger partial charge in [0.15, 0.2) is 0 Å². The lowest BCUT2D eigenvalue weighted by atomic mass is 10.2. The SMILES string of the molecule is CCc1cn(CCOC)c(N2CCNC(C)C2)n1. The summed E-state index contributed by atoms with van der Waals surface area (Å²) in [5.41, 5.74) is 1.16. The fourth-order valence-corrected chi connectivity index (χ4v) is 2.35. The van der Waals surface area contributed by atoms with Crippen LogP contribution in [0.5, 0.6) is 0 Å². The fraction of sp³-hybridized carbons (Fsp3) is 0.769. The molecule has 102 valence electrons. The van der Waals surface area contributed by atoms with Crippen LogP contribution in [-0.4, -0.2) is 48.9 Å². The van der Waals surface area contributed by atoms with Crippen molar-refractivity contribution in [3.8, 4) is 0 Å². The summed E-state index contributed by atoms with van der Waals surface area (Å²) in [6, 6.07) is 0.524. The van der Waals surface area contributed by atoms with Gasteiger partial charge in [-0.15, -0.1) is 0 Å². The number of anilines is 1. The van der Waals surface area contributed by atoms with Gasteiger partial charge < -0.3 is 19.5 Å². The molecule has 5 nitrogen and oxygen atoms in total.